The Balaban J connectivity index is 1.98. The zero-order valence-electron chi connectivity index (χ0n) is 9.90. The minimum atomic E-state index is -0.865. The third-order valence-electron chi connectivity index (χ3n) is 3.18. The lowest BCUT2D eigenvalue weighted by Gasteiger charge is -2.14. The zero-order chi connectivity index (χ0) is 11.5. The summed E-state index contributed by atoms with van der Waals surface area (Å²) in [5.41, 5.74) is 1.22. The van der Waals surface area contributed by atoms with Crippen molar-refractivity contribution in [2.24, 2.45) is 5.92 Å². The molecule has 16 heavy (non-hydrogen) atoms. The van der Waals surface area contributed by atoms with Gasteiger partial charge in [-0.05, 0) is 44.9 Å². The van der Waals surface area contributed by atoms with E-state index in [9.17, 15) is 4.21 Å². The van der Waals surface area contributed by atoms with Crippen molar-refractivity contribution in [3.63, 3.8) is 0 Å². The van der Waals surface area contributed by atoms with Crippen molar-refractivity contribution >= 4 is 10.8 Å². The van der Waals surface area contributed by atoms with Crippen LogP contribution in [-0.2, 0) is 10.8 Å². The summed E-state index contributed by atoms with van der Waals surface area (Å²) < 4.78 is 12.1. The third kappa shape index (κ3) is 2.92. The van der Waals surface area contributed by atoms with E-state index in [1.165, 1.54) is 18.4 Å². The van der Waals surface area contributed by atoms with Gasteiger partial charge in [-0.25, -0.2) is 0 Å². The molecule has 1 aromatic rings. The molecule has 0 heterocycles. The highest BCUT2D eigenvalue weighted by molar-refractivity contribution is 7.85. The summed E-state index contributed by atoms with van der Waals surface area (Å²) in [5.74, 6) is 1.49. The average Bonchev–Trinajstić information content (AvgIpc) is 3.10. The van der Waals surface area contributed by atoms with Crippen LogP contribution in [0.15, 0.2) is 29.2 Å². The van der Waals surface area contributed by atoms with Gasteiger partial charge in [0.1, 0.15) is 0 Å². The predicted molar refractivity (Wildman–Crippen MR) is 68.0 cm³/mol. The second-order valence-electron chi connectivity index (χ2n) is 4.56. The Labute approximate surface area is 99.9 Å². The standard InChI is InChI=1S/C13H19NOS/c1-10-3-7-12(8-4-10)16(15)9-13(14-2)11-5-6-11/h3-4,7-8,11,13-14H,5-6,9H2,1-2H3. The molecule has 1 fully saturated rings. The maximum atomic E-state index is 12.1. The lowest BCUT2D eigenvalue weighted by molar-refractivity contribution is 0.546. The Kier molecular flexibility index (Phi) is 3.77. The molecule has 0 saturated heterocycles. The van der Waals surface area contributed by atoms with Crippen LogP contribution in [0.2, 0.25) is 0 Å². The molecule has 0 aliphatic heterocycles. The minimum absolute atomic E-state index is 0.419. The van der Waals surface area contributed by atoms with Gasteiger partial charge in [-0.2, -0.15) is 0 Å². The van der Waals surface area contributed by atoms with Crippen LogP contribution in [0.3, 0.4) is 0 Å². The molecule has 3 heteroatoms. The lowest BCUT2D eigenvalue weighted by Crippen LogP contribution is -2.33. The summed E-state index contributed by atoms with van der Waals surface area (Å²) in [7, 11) is 1.10. The summed E-state index contributed by atoms with van der Waals surface area (Å²) in [5, 5.41) is 3.28. The normalized spacial score (nSPS) is 19.4. The molecular formula is C13H19NOS. The van der Waals surface area contributed by atoms with Crippen molar-refractivity contribution in [3.05, 3.63) is 29.8 Å². The first-order valence-electron chi connectivity index (χ1n) is 5.83. The van der Waals surface area contributed by atoms with Crippen LogP contribution in [0.25, 0.3) is 0 Å². The molecule has 2 unspecified atom stereocenters. The molecule has 88 valence electrons. The van der Waals surface area contributed by atoms with E-state index in [2.05, 4.69) is 5.32 Å². The van der Waals surface area contributed by atoms with Crippen molar-refractivity contribution in [2.45, 2.75) is 30.7 Å². The van der Waals surface area contributed by atoms with Gasteiger partial charge in [0.2, 0.25) is 0 Å². The van der Waals surface area contributed by atoms with E-state index < -0.39 is 10.8 Å². The van der Waals surface area contributed by atoms with Crippen LogP contribution in [0.4, 0.5) is 0 Å². The molecule has 1 N–H and O–H groups in total. The smallest absolute Gasteiger partial charge is 0.0545 e. The number of aryl methyl sites for hydroxylation is 1. The van der Waals surface area contributed by atoms with Crippen molar-refractivity contribution in [3.8, 4) is 0 Å². The van der Waals surface area contributed by atoms with Gasteiger partial charge in [0, 0.05) is 16.7 Å². The molecule has 0 bridgehead atoms. The van der Waals surface area contributed by atoms with E-state index in [-0.39, 0.29) is 0 Å². The Morgan fingerprint density at radius 1 is 1.38 bits per heavy atom. The van der Waals surface area contributed by atoms with Gasteiger partial charge in [0.15, 0.2) is 0 Å². The van der Waals surface area contributed by atoms with Gasteiger partial charge in [-0.1, -0.05) is 17.7 Å². The molecule has 2 nitrogen and oxygen atoms in total. The molecule has 1 saturated carbocycles. The first kappa shape index (κ1) is 11.8. The fourth-order valence-corrected chi connectivity index (χ4v) is 3.30. The maximum Gasteiger partial charge on any atom is 0.0545 e. The minimum Gasteiger partial charge on any atom is -0.316 e. The highest BCUT2D eigenvalue weighted by atomic mass is 32.2. The van der Waals surface area contributed by atoms with Gasteiger partial charge in [0.05, 0.1) is 10.8 Å². The SMILES string of the molecule is CNC(CS(=O)c1ccc(C)cc1)C1CC1. The van der Waals surface area contributed by atoms with E-state index in [1.807, 2.05) is 38.2 Å². The summed E-state index contributed by atoms with van der Waals surface area (Å²) in [6, 6.07) is 8.43. The van der Waals surface area contributed by atoms with Crippen LogP contribution >= 0.6 is 0 Å². The summed E-state index contributed by atoms with van der Waals surface area (Å²) >= 11 is 0. The van der Waals surface area contributed by atoms with E-state index in [4.69, 9.17) is 0 Å². The number of hydrogen-bond acceptors (Lipinski definition) is 2. The van der Waals surface area contributed by atoms with E-state index >= 15 is 0 Å². The van der Waals surface area contributed by atoms with Gasteiger partial charge in [-0.15, -0.1) is 0 Å². The van der Waals surface area contributed by atoms with Gasteiger partial charge in [-0.3, -0.25) is 4.21 Å². The number of nitrogens with one attached hydrogen (secondary N) is 1. The van der Waals surface area contributed by atoms with Crippen LogP contribution in [-0.4, -0.2) is 23.1 Å². The van der Waals surface area contributed by atoms with Crippen LogP contribution in [0, 0.1) is 12.8 Å². The molecule has 0 radical (unpaired) electrons. The van der Waals surface area contributed by atoms with Crippen LogP contribution < -0.4 is 5.32 Å². The van der Waals surface area contributed by atoms with E-state index in [0.717, 1.165) is 16.6 Å². The Bertz CT molecular complexity index is 370. The van der Waals surface area contributed by atoms with Gasteiger partial charge in [0.25, 0.3) is 0 Å². The lowest BCUT2D eigenvalue weighted by atomic mass is 10.2. The second kappa shape index (κ2) is 5.11. The fourth-order valence-electron chi connectivity index (χ4n) is 1.90. The van der Waals surface area contributed by atoms with Crippen molar-refractivity contribution in [1.29, 1.82) is 0 Å². The quantitative estimate of drug-likeness (QED) is 0.849. The highest BCUT2D eigenvalue weighted by Crippen LogP contribution is 2.33. The number of rotatable bonds is 5. The van der Waals surface area contributed by atoms with E-state index in [0.29, 0.717) is 6.04 Å². The second-order valence-corrected chi connectivity index (χ2v) is 6.05. The first-order chi connectivity index (χ1) is 7.70. The summed E-state index contributed by atoms with van der Waals surface area (Å²) in [4.78, 5) is 0.950. The van der Waals surface area contributed by atoms with E-state index in [1.54, 1.807) is 0 Å². The third-order valence-corrected chi connectivity index (χ3v) is 4.64. The molecule has 2 atom stereocenters. The number of benzene rings is 1. The molecule has 0 aromatic heterocycles. The molecule has 0 amide bonds. The fraction of sp³-hybridized carbons (Fsp3) is 0.538. The van der Waals surface area contributed by atoms with Crippen LogP contribution in [0.5, 0.6) is 0 Å². The Morgan fingerprint density at radius 3 is 2.50 bits per heavy atom. The van der Waals surface area contributed by atoms with Gasteiger partial charge >= 0.3 is 0 Å². The monoisotopic (exact) mass is 237 g/mol. The predicted octanol–water partition coefficient (Wildman–Crippen LogP) is 2.10. The molecular weight excluding hydrogens is 218 g/mol. The summed E-state index contributed by atoms with van der Waals surface area (Å²) in [6.45, 7) is 2.05. The molecule has 1 aliphatic carbocycles. The Hall–Kier alpha value is -0.670. The van der Waals surface area contributed by atoms with Gasteiger partial charge < -0.3 is 5.32 Å². The number of hydrogen-bond donors (Lipinski definition) is 1. The maximum absolute atomic E-state index is 12.1. The highest BCUT2D eigenvalue weighted by Gasteiger charge is 2.31. The molecule has 1 aliphatic rings. The Morgan fingerprint density at radius 2 is 2.00 bits per heavy atom. The summed E-state index contributed by atoms with van der Waals surface area (Å²) in [6.07, 6.45) is 2.58. The van der Waals surface area contributed by atoms with Crippen LogP contribution in [0.1, 0.15) is 18.4 Å². The average molecular weight is 237 g/mol. The molecule has 0 spiro atoms. The van der Waals surface area contributed by atoms with Crippen molar-refractivity contribution < 1.29 is 4.21 Å². The van der Waals surface area contributed by atoms with Crippen molar-refractivity contribution in [1.82, 2.24) is 5.32 Å². The molecule has 1 aromatic carbocycles. The molecule has 2 rings (SSSR count). The largest absolute Gasteiger partial charge is 0.316 e. The topological polar surface area (TPSA) is 29.1 Å². The zero-order valence-corrected chi connectivity index (χ0v) is 10.7. The van der Waals surface area contributed by atoms with Crippen molar-refractivity contribution in [2.75, 3.05) is 12.8 Å². The first-order valence-corrected chi connectivity index (χ1v) is 7.15.